The van der Waals surface area contributed by atoms with Crippen LogP contribution in [0.3, 0.4) is 0 Å². The van der Waals surface area contributed by atoms with Crippen molar-refractivity contribution in [2.24, 2.45) is 0 Å². The van der Waals surface area contributed by atoms with Gasteiger partial charge in [-0.25, -0.2) is 4.79 Å². The Bertz CT molecular complexity index is 772. The fourth-order valence-electron chi connectivity index (χ4n) is 1.90. The van der Waals surface area contributed by atoms with Crippen LogP contribution in [0.2, 0.25) is 5.02 Å². The highest BCUT2D eigenvalue weighted by Gasteiger charge is 2.22. The SMILES string of the molecule is COc1cc(Cl)c(C)cc1NC(=O)[C@H](C)OC(=O)c1cc(C)no1. The zero-order valence-corrected chi connectivity index (χ0v) is 14.4. The smallest absolute Gasteiger partial charge is 0.377 e. The van der Waals surface area contributed by atoms with Crippen LogP contribution in [0.4, 0.5) is 5.69 Å². The molecule has 0 bridgehead atoms. The van der Waals surface area contributed by atoms with Crippen molar-refractivity contribution in [2.45, 2.75) is 26.9 Å². The lowest BCUT2D eigenvalue weighted by molar-refractivity contribution is -0.123. The van der Waals surface area contributed by atoms with Gasteiger partial charge < -0.3 is 19.3 Å². The van der Waals surface area contributed by atoms with Crippen molar-refractivity contribution in [3.63, 3.8) is 0 Å². The third-order valence-electron chi connectivity index (χ3n) is 3.22. The summed E-state index contributed by atoms with van der Waals surface area (Å²) >= 11 is 6.02. The fourth-order valence-corrected chi connectivity index (χ4v) is 2.05. The van der Waals surface area contributed by atoms with E-state index in [-0.39, 0.29) is 5.76 Å². The second-order valence-electron chi connectivity index (χ2n) is 5.17. The predicted octanol–water partition coefficient (Wildman–Crippen LogP) is 3.14. The van der Waals surface area contributed by atoms with E-state index >= 15 is 0 Å². The monoisotopic (exact) mass is 352 g/mol. The molecule has 2 aromatic rings. The van der Waals surface area contributed by atoms with Crippen molar-refractivity contribution in [3.8, 4) is 5.75 Å². The van der Waals surface area contributed by atoms with Crippen LogP contribution in [0, 0.1) is 13.8 Å². The maximum absolute atomic E-state index is 12.2. The van der Waals surface area contributed by atoms with Gasteiger partial charge in [-0.1, -0.05) is 16.8 Å². The molecule has 0 saturated carbocycles. The number of amides is 1. The summed E-state index contributed by atoms with van der Waals surface area (Å²) in [4.78, 5) is 24.1. The number of aromatic nitrogens is 1. The Morgan fingerprint density at radius 2 is 2.00 bits per heavy atom. The van der Waals surface area contributed by atoms with E-state index in [1.807, 2.05) is 0 Å². The number of carbonyl (C=O) groups is 2. The Morgan fingerprint density at radius 3 is 2.58 bits per heavy atom. The number of hydrogen-bond acceptors (Lipinski definition) is 6. The highest BCUT2D eigenvalue weighted by atomic mass is 35.5. The van der Waals surface area contributed by atoms with Crippen molar-refractivity contribution < 1.29 is 23.6 Å². The molecule has 0 aliphatic heterocycles. The maximum Gasteiger partial charge on any atom is 0.377 e. The number of aryl methyl sites for hydroxylation is 2. The molecule has 0 aliphatic rings. The molecule has 8 heteroatoms. The average molecular weight is 353 g/mol. The van der Waals surface area contributed by atoms with Crippen LogP contribution < -0.4 is 10.1 Å². The number of hydrogen-bond donors (Lipinski definition) is 1. The summed E-state index contributed by atoms with van der Waals surface area (Å²) in [6.45, 7) is 4.92. The lowest BCUT2D eigenvalue weighted by Crippen LogP contribution is -2.30. The Kier molecular flexibility index (Phi) is 5.46. The topological polar surface area (TPSA) is 90.7 Å². The van der Waals surface area contributed by atoms with E-state index in [1.54, 1.807) is 26.0 Å². The third kappa shape index (κ3) is 4.05. The summed E-state index contributed by atoms with van der Waals surface area (Å²) in [6.07, 6.45) is -1.04. The first-order valence-corrected chi connectivity index (χ1v) is 7.49. The zero-order valence-electron chi connectivity index (χ0n) is 13.7. The normalized spacial score (nSPS) is 11.7. The van der Waals surface area contributed by atoms with Crippen LogP contribution in [-0.4, -0.2) is 30.2 Å². The number of halogens is 1. The molecule has 2 rings (SSSR count). The van der Waals surface area contributed by atoms with E-state index in [1.165, 1.54) is 20.1 Å². The Morgan fingerprint density at radius 1 is 1.29 bits per heavy atom. The molecule has 0 radical (unpaired) electrons. The summed E-state index contributed by atoms with van der Waals surface area (Å²) in [5, 5.41) is 6.76. The highest BCUT2D eigenvalue weighted by Crippen LogP contribution is 2.31. The van der Waals surface area contributed by atoms with Crippen LogP contribution in [-0.2, 0) is 9.53 Å². The van der Waals surface area contributed by atoms with E-state index < -0.39 is 18.0 Å². The van der Waals surface area contributed by atoms with Crippen LogP contribution in [0.5, 0.6) is 5.75 Å². The molecular weight excluding hydrogens is 336 g/mol. The molecule has 1 aromatic heterocycles. The number of carbonyl (C=O) groups excluding carboxylic acids is 2. The molecule has 0 saturated heterocycles. The molecule has 128 valence electrons. The average Bonchev–Trinajstić information content (AvgIpc) is 2.97. The Labute approximate surface area is 143 Å². The van der Waals surface area contributed by atoms with Gasteiger partial charge in [0.1, 0.15) is 5.75 Å². The van der Waals surface area contributed by atoms with Crippen molar-refractivity contribution in [1.29, 1.82) is 0 Å². The maximum atomic E-state index is 12.2. The summed E-state index contributed by atoms with van der Waals surface area (Å²) in [5.41, 5.74) is 1.75. The predicted molar refractivity (Wildman–Crippen MR) is 87.5 cm³/mol. The van der Waals surface area contributed by atoms with Gasteiger partial charge in [-0.05, 0) is 32.4 Å². The first-order valence-electron chi connectivity index (χ1n) is 7.11. The quantitative estimate of drug-likeness (QED) is 0.831. The standard InChI is InChI=1S/C16H17ClN2O5/c1-8-5-12(13(22-4)7-11(8)17)18-15(20)10(3)23-16(21)14-6-9(2)19-24-14/h5-7,10H,1-4H3,(H,18,20)/t10-/m0/s1. The molecule has 0 unspecified atom stereocenters. The van der Waals surface area contributed by atoms with Gasteiger partial charge in [-0.15, -0.1) is 0 Å². The summed E-state index contributed by atoms with van der Waals surface area (Å²) in [5.74, 6) is -0.937. The highest BCUT2D eigenvalue weighted by molar-refractivity contribution is 6.31. The van der Waals surface area contributed by atoms with E-state index in [9.17, 15) is 9.59 Å². The molecule has 1 heterocycles. The van der Waals surface area contributed by atoms with E-state index in [2.05, 4.69) is 10.5 Å². The molecule has 1 atom stereocenters. The third-order valence-corrected chi connectivity index (χ3v) is 3.63. The molecule has 1 amide bonds. The number of benzene rings is 1. The van der Waals surface area contributed by atoms with Gasteiger partial charge in [-0.2, -0.15) is 0 Å². The molecule has 1 aromatic carbocycles. The van der Waals surface area contributed by atoms with Gasteiger partial charge in [0.2, 0.25) is 5.76 Å². The Hall–Kier alpha value is -2.54. The number of rotatable bonds is 5. The molecule has 24 heavy (non-hydrogen) atoms. The summed E-state index contributed by atoms with van der Waals surface area (Å²) in [7, 11) is 1.46. The largest absolute Gasteiger partial charge is 0.495 e. The van der Waals surface area contributed by atoms with Crippen molar-refractivity contribution in [1.82, 2.24) is 5.16 Å². The van der Waals surface area contributed by atoms with Gasteiger partial charge in [0.25, 0.3) is 5.91 Å². The van der Waals surface area contributed by atoms with E-state index in [0.717, 1.165) is 5.56 Å². The number of esters is 1. The summed E-state index contributed by atoms with van der Waals surface area (Å²) < 4.78 is 15.0. The van der Waals surface area contributed by atoms with Crippen LogP contribution in [0.25, 0.3) is 0 Å². The van der Waals surface area contributed by atoms with Gasteiger partial charge in [-0.3, -0.25) is 4.79 Å². The molecule has 1 N–H and O–H groups in total. The number of ether oxygens (including phenoxy) is 2. The second-order valence-corrected chi connectivity index (χ2v) is 5.58. The first kappa shape index (κ1) is 17.8. The van der Waals surface area contributed by atoms with Crippen molar-refractivity contribution in [2.75, 3.05) is 12.4 Å². The lowest BCUT2D eigenvalue weighted by Gasteiger charge is -2.15. The molecule has 0 aliphatic carbocycles. The minimum absolute atomic E-state index is 0.0629. The van der Waals surface area contributed by atoms with E-state index in [4.69, 9.17) is 25.6 Å². The molecule has 0 spiro atoms. The molecule has 7 nitrogen and oxygen atoms in total. The second kappa shape index (κ2) is 7.35. The van der Waals surface area contributed by atoms with Crippen molar-refractivity contribution in [3.05, 3.63) is 40.2 Å². The van der Waals surface area contributed by atoms with Crippen LogP contribution in [0.15, 0.2) is 22.7 Å². The minimum Gasteiger partial charge on any atom is -0.495 e. The van der Waals surface area contributed by atoms with Crippen molar-refractivity contribution >= 4 is 29.2 Å². The van der Waals surface area contributed by atoms with Crippen LogP contribution >= 0.6 is 11.6 Å². The molecular formula is C16H17ClN2O5. The fraction of sp³-hybridized carbons (Fsp3) is 0.312. The zero-order chi connectivity index (χ0) is 17.9. The summed E-state index contributed by atoms with van der Waals surface area (Å²) in [6, 6.07) is 4.70. The number of anilines is 1. The lowest BCUT2D eigenvalue weighted by atomic mass is 10.2. The Balaban J connectivity index is 2.06. The van der Waals surface area contributed by atoms with Gasteiger partial charge in [0.15, 0.2) is 6.10 Å². The molecule has 0 fully saturated rings. The number of nitrogens with zero attached hydrogens (tertiary/aromatic N) is 1. The van der Waals surface area contributed by atoms with Gasteiger partial charge in [0.05, 0.1) is 18.5 Å². The van der Waals surface area contributed by atoms with Gasteiger partial charge >= 0.3 is 5.97 Å². The number of nitrogens with one attached hydrogen (secondary N) is 1. The van der Waals surface area contributed by atoms with E-state index in [0.29, 0.717) is 22.2 Å². The van der Waals surface area contributed by atoms with Crippen LogP contribution in [0.1, 0.15) is 28.7 Å². The minimum atomic E-state index is -1.04. The number of methoxy groups -OCH3 is 1. The van der Waals surface area contributed by atoms with Gasteiger partial charge in [0, 0.05) is 17.2 Å². The first-order chi connectivity index (χ1) is 11.3.